The van der Waals surface area contributed by atoms with E-state index in [2.05, 4.69) is 14.1 Å². The largest absolute Gasteiger partial charge is 0.508 e. The molecular formula is C13H9Cl2N3OS. The number of nitrogens with one attached hydrogen (secondary N) is 1. The quantitative estimate of drug-likeness (QED) is 0.753. The van der Waals surface area contributed by atoms with E-state index in [0.717, 1.165) is 17.3 Å². The van der Waals surface area contributed by atoms with Crippen LogP contribution in [0, 0.1) is 0 Å². The summed E-state index contributed by atoms with van der Waals surface area (Å²) in [4.78, 5) is 0. The predicted octanol–water partition coefficient (Wildman–Crippen LogP) is 4.32. The number of fused-ring (bicyclic) bond motifs is 1. The van der Waals surface area contributed by atoms with Crippen LogP contribution in [-0.4, -0.2) is 13.9 Å². The van der Waals surface area contributed by atoms with Gasteiger partial charge in [-0.1, -0.05) is 35.3 Å². The first-order valence-corrected chi connectivity index (χ1v) is 7.26. The van der Waals surface area contributed by atoms with E-state index in [-0.39, 0.29) is 5.75 Å². The van der Waals surface area contributed by atoms with Crippen LogP contribution in [0.2, 0.25) is 10.0 Å². The summed E-state index contributed by atoms with van der Waals surface area (Å²) in [6, 6.07) is 8.61. The fourth-order valence-electron chi connectivity index (χ4n) is 1.85. The van der Waals surface area contributed by atoms with Gasteiger partial charge in [-0.25, -0.2) is 0 Å². The summed E-state index contributed by atoms with van der Waals surface area (Å²) in [6.07, 6.45) is 0. The maximum atomic E-state index is 9.26. The van der Waals surface area contributed by atoms with Crippen molar-refractivity contribution in [3.8, 4) is 5.75 Å². The molecule has 0 bridgehead atoms. The summed E-state index contributed by atoms with van der Waals surface area (Å²) < 4.78 is 8.38. The number of benzene rings is 2. The maximum Gasteiger partial charge on any atom is 0.130 e. The van der Waals surface area contributed by atoms with E-state index in [9.17, 15) is 5.11 Å². The Morgan fingerprint density at radius 2 is 1.75 bits per heavy atom. The fraction of sp³-hybridized carbons (Fsp3) is 0.0769. The van der Waals surface area contributed by atoms with Crippen LogP contribution in [-0.2, 0) is 6.54 Å². The first-order valence-electron chi connectivity index (χ1n) is 5.77. The third kappa shape index (κ3) is 2.52. The summed E-state index contributed by atoms with van der Waals surface area (Å²) in [5, 5.41) is 13.5. The lowest BCUT2D eigenvalue weighted by Crippen LogP contribution is -2.00. The van der Waals surface area contributed by atoms with Crippen LogP contribution in [0.25, 0.3) is 11.0 Å². The van der Waals surface area contributed by atoms with Crippen molar-refractivity contribution in [3.63, 3.8) is 0 Å². The molecule has 3 aromatic rings. The van der Waals surface area contributed by atoms with Gasteiger partial charge in [0, 0.05) is 6.54 Å². The molecule has 3 rings (SSSR count). The average Bonchev–Trinajstić information content (AvgIpc) is 2.90. The number of nitrogens with zero attached hydrogens (tertiary/aromatic N) is 2. The molecule has 1 heterocycles. The summed E-state index contributed by atoms with van der Waals surface area (Å²) in [7, 11) is 0. The third-order valence-corrected chi connectivity index (χ3v) is 3.96. The van der Waals surface area contributed by atoms with Gasteiger partial charge in [-0.2, -0.15) is 8.75 Å². The van der Waals surface area contributed by atoms with E-state index in [1.807, 2.05) is 12.1 Å². The number of anilines is 1. The van der Waals surface area contributed by atoms with Crippen LogP contribution in [0.3, 0.4) is 0 Å². The van der Waals surface area contributed by atoms with Crippen molar-refractivity contribution in [2.45, 2.75) is 6.54 Å². The van der Waals surface area contributed by atoms with Gasteiger partial charge in [0.05, 0.1) is 27.5 Å². The van der Waals surface area contributed by atoms with Crippen LogP contribution in [0.4, 0.5) is 5.69 Å². The molecule has 2 aromatic carbocycles. The Bertz CT molecular complexity index is 758. The summed E-state index contributed by atoms with van der Waals surface area (Å²) in [5.74, 6) is 0.240. The second kappa shape index (κ2) is 5.44. The van der Waals surface area contributed by atoms with Crippen molar-refractivity contribution in [1.82, 2.24) is 8.75 Å². The minimum Gasteiger partial charge on any atom is -0.508 e. The molecule has 0 aliphatic rings. The molecule has 0 saturated carbocycles. The third-order valence-electron chi connectivity index (χ3n) is 2.85. The molecule has 0 radical (unpaired) electrons. The van der Waals surface area contributed by atoms with E-state index in [0.29, 0.717) is 33.3 Å². The van der Waals surface area contributed by atoms with E-state index < -0.39 is 0 Å². The highest BCUT2D eigenvalue weighted by atomic mass is 35.5. The van der Waals surface area contributed by atoms with E-state index in [4.69, 9.17) is 23.2 Å². The van der Waals surface area contributed by atoms with Gasteiger partial charge in [-0.05, 0) is 23.8 Å². The van der Waals surface area contributed by atoms with Gasteiger partial charge in [0.15, 0.2) is 0 Å². The van der Waals surface area contributed by atoms with Gasteiger partial charge in [-0.3, -0.25) is 0 Å². The lowest BCUT2D eigenvalue weighted by molar-refractivity contribution is 0.475. The number of aromatic hydroxyl groups is 1. The minimum absolute atomic E-state index is 0.240. The van der Waals surface area contributed by atoms with Crippen molar-refractivity contribution in [2.24, 2.45) is 0 Å². The molecule has 0 fully saturated rings. The SMILES string of the molecule is Oc1ccc(CNc2c(Cl)cc(Cl)c3nsnc23)cc1. The number of halogens is 2. The number of phenols is 1. The van der Waals surface area contributed by atoms with E-state index in [1.54, 1.807) is 18.2 Å². The Kier molecular flexibility index (Phi) is 3.65. The highest BCUT2D eigenvalue weighted by Crippen LogP contribution is 2.35. The lowest BCUT2D eigenvalue weighted by atomic mass is 10.2. The summed E-state index contributed by atoms with van der Waals surface area (Å²) in [6.45, 7) is 0.564. The van der Waals surface area contributed by atoms with E-state index in [1.165, 1.54) is 0 Å². The van der Waals surface area contributed by atoms with Crippen LogP contribution < -0.4 is 5.32 Å². The average molecular weight is 326 g/mol. The number of hydrogen-bond donors (Lipinski definition) is 2. The normalized spacial score (nSPS) is 10.9. The van der Waals surface area contributed by atoms with Crippen molar-refractivity contribution in [3.05, 3.63) is 45.9 Å². The summed E-state index contributed by atoms with van der Waals surface area (Å²) >= 11 is 13.4. The second-order valence-corrected chi connectivity index (χ2v) is 5.54. The Morgan fingerprint density at radius 3 is 2.50 bits per heavy atom. The zero-order valence-electron chi connectivity index (χ0n) is 10.1. The Balaban J connectivity index is 1.91. The molecule has 102 valence electrons. The van der Waals surface area contributed by atoms with Gasteiger partial charge in [0.25, 0.3) is 0 Å². The molecule has 1 aromatic heterocycles. The van der Waals surface area contributed by atoms with Crippen molar-refractivity contribution in [2.75, 3.05) is 5.32 Å². The van der Waals surface area contributed by atoms with Gasteiger partial charge in [0.1, 0.15) is 16.8 Å². The monoisotopic (exact) mass is 325 g/mol. The lowest BCUT2D eigenvalue weighted by Gasteiger charge is -2.09. The molecule has 2 N–H and O–H groups in total. The molecular weight excluding hydrogens is 317 g/mol. The molecule has 0 aliphatic carbocycles. The Labute approximate surface area is 129 Å². The summed E-state index contributed by atoms with van der Waals surface area (Å²) in [5.41, 5.74) is 3.05. The molecule has 0 unspecified atom stereocenters. The number of aromatic nitrogens is 2. The van der Waals surface area contributed by atoms with Crippen LogP contribution in [0.15, 0.2) is 30.3 Å². The number of hydrogen-bond acceptors (Lipinski definition) is 5. The minimum atomic E-state index is 0.240. The van der Waals surface area contributed by atoms with Gasteiger partial charge in [-0.15, -0.1) is 0 Å². The first kappa shape index (κ1) is 13.4. The standard InChI is InChI=1S/C13H9Cl2N3OS/c14-9-5-10(15)12-13(18-20-17-12)11(9)16-6-7-1-3-8(19)4-2-7/h1-5,16,19H,6H2. The first-order chi connectivity index (χ1) is 9.65. The highest BCUT2D eigenvalue weighted by Gasteiger charge is 2.13. The van der Waals surface area contributed by atoms with E-state index >= 15 is 0 Å². The fourth-order valence-corrected chi connectivity index (χ4v) is 3.03. The maximum absolute atomic E-state index is 9.26. The molecule has 0 amide bonds. The molecule has 7 heteroatoms. The Hall–Kier alpha value is -1.56. The molecule has 0 saturated heterocycles. The molecule has 20 heavy (non-hydrogen) atoms. The van der Waals surface area contributed by atoms with Crippen molar-refractivity contribution < 1.29 is 5.11 Å². The predicted molar refractivity (Wildman–Crippen MR) is 82.9 cm³/mol. The zero-order valence-corrected chi connectivity index (χ0v) is 12.4. The van der Waals surface area contributed by atoms with Crippen molar-refractivity contribution in [1.29, 1.82) is 0 Å². The number of phenolic OH excluding ortho intramolecular Hbond substituents is 1. The second-order valence-electron chi connectivity index (χ2n) is 4.20. The Morgan fingerprint density at radius 1 is 1.05 bits per heavy atom. The smallest absolute Gasteiger partial charge is 0.130 e. The van der Waals surface area contributed by atoms with Crippen molar-refractivity contribution >= 4 is 51.7 Å². The van der Waals surface area contributed by atoms with Crippen LogP contribution >= 0.6 is 34.9 Å². The van der Waals surface area contributed by atoms with Crippen LogP contribution in [0.5, 0.6) is 5.75 Å². The number of rotatable bonds is 3. The highest BCUT2D eigenvalue weighted by molar-refractivity contribution is 7.00. The molecule has 0 aliphatic heterocycles. The molecule has 0 atom stereocenters. The van der Waals surface area contributed by atoms with Gasteiger partial charge in [0.2, 0.25) is 0 Å². The zero-order chi connectivity index (χ0) is 14.1. The van der Waals surface area contributed by atoms with Crippen LogP contribution in [0.1, 0.15) is 5.56 Å². The topological polar surface area (TPSA) is 58.0 Å². The van der Waals surface area contributed by atoms with Gasteiger partial charge >= 0.3 is 0 Å². The van der Waals surface area contributed by atoms with Gasteiger partial charge < -0.3 is 10.4 Å². The molecule has 0 spiro atoms. The molecule has 4 nitrogen and oxygen atoms in total.